The van der Waals surface area contributed by atoms with E-state index in [-0.39, 0.29) is 12.5 Å². The van der Waals surface area contributed by atoms with Gasteiger partial charge in [0, 0.05) is 11.4 Å². The molecule has 37 heavy (non-hydrogen) atoms. The van der Waals surface area contributed by atoms with Crippen LogP contribution >= 0.6 is 11.8 Å². The van der Waals surface area contributed by atoms with E-state index in [0.717, 1.165) is 30.2 Å². The molecule has 1 fully saturated rings. The zero-order valence-corrected chi connectivity index (χ0v) is 21.9. The molecule has 0 amide bonds. The maximum absolute atomic E-state index is 9.00. The monoisotopic (exact) mass is 510 g/mol. The van der Waals surface area contributed by atoms with Crippen molar-refractivity contribution in [2.45, 2.75) is 36.5 Å². The lowest BCUT2D eigenvalue weighted by molar-refractivity contribution is 0.201. The van der Waals surface area contributed by atoms with Crippen LogP contribution in [0, 0.1) is 0 Å². The van der Waals surface area contributed by atoms with Crippen LogP contribution in [0.25, 0.3) is 0 Å². The van der Waals surface area contributed by atoms with Crippen LogP contribution in [0.15, 0.2) is 118 Å². The van der Waals surface area contributed by atoms with Gasteiger partial charge in [-0.3, -0.25) is 5.01 Å². The summed E-state index contributed by atoms with van der Waals surface area (Å²) < 4.78 is 5.56. The molecule has 0 spiro atoms. The summed E-state index contributed by atoms with van der Waals surface area (Å²) in [6, 6.07) is 29.5. The van der Waals surface area contributed by atoms with E-state index in [4.69, 9.17) is 14.9 Å². The molecular formula is C32H34N2O2S. The number of ether oxygens (including phenoxy) is 1. The lowest BCUT2D eigenvalue weighted by Gasteiger charge is -2.32. The molecule has 5 rings (SSSR count). The van der Waals surface area contributed by atoms with Gasteiger partial charge in [-0.2, -0.15) is 5.10 Å². The molecule has 4 nitrogen and oxygen atoms in total. The minimum Gasteiger partial charge on any atom is -0.491 e. The maximum atomic E-state index is 9.00. The van der Waals surface area contributed by atoms with E-state index in [1.807, 2.05) is 30.0 Å². The number of hydrogen-bond donors (Lipinski definition) is 1. The second-order valence-corrected chi connectivity index (χ2v) is 10.5. The largest absolute Gasteiger partial charge is 0.491 e. The predicted octanol–water partition coefficient (Wildman–Crippen LogP) is 7.04. The number of rotatable bonds is 11. The Hall–Kier alpha value is -3.28. The van der Waals surface area contributed by atoms with E-state index in [0.29, 0.717) is 6.61 Å². The molecular weight excluding hydrogens is 476 g/mol. The van der Waals surface area contributed by atoms with Crippen molar-refractivity contribution in [3.63, 3.8) is 0 Å². The van der Waals surface area contributed by atoms with Gasteiger partial charge in [-0.25, -0.2) is 0 Å². The lowest BCUT2D eigenvalue weighted by Crippen LogP contribution is -2.28. The number of hydrogen-bond acceptors (Lipinski definition) is 5. The first-order valence-electron chi connectivity index (χ1n) is 13.1. The molecule has 1 N–H and O–H groups in total. The van der Waals surface area contributed by atoms with E-state index >= 15 is 0 Å². The Morgan fingerprint density at radius 3 is 2.27 bits per heavy atom. The summed E-state index contributed by atoms with van der Waals surface area (Å²) in [5.74, 6) is 1.90. The van der Waals surface area contributed by atoms with Crippen LogP contribution < -0.4 is 4.74 Å². The summed E-state index contributed by atoms with van der Waals surface area (Å²) in [4.78, 5) is 1.18. The highest BCUT2D eigenvalue weighted by Crippen LogP contribution is 2.35. The fraction of sp³-hybridized carbons (Fsp3) is 0.281. The first-order chi connectivity index (χ1) is 18.3. The third kappa shape index (κ3) is 6.54. The molecule has 3 aromatic carbocycles. The zero-order chi connectivity index (χ0) is 25.3. The molecule has 0 bridgehead atoms. The smallest absolute Gasteiger partial charge is 0.120 e. The summed E-state index contributed by atoms with van der Waals surface area (Å²) in [7, 11) is 0. The molecule has 0 saturated heterocycles. The summed E-state index contributed by atoms with van der Waals surface area (Å²) >= 11 is 1.84. The molecule has 0 aromatic heterocycles. The molecule has 2 aliphatic rings. The lowest BCUT2D eigenvalue weighted by atomic mass is 9.85. The van der Waals surface area contributed by atoms with Crippen LogP contribution in [0.4, 0.5) is 0 Å². The van der Waals surface area contributed by atoms with E-state index in [1.165, 1.54) is 46.6 Å². The molecule has 0 atom stereocenters. The number of thioether (sulfide) groups is 1. The fourth-order valence-corrected chi connectivity index (χ4v) is 5.64. The highest BCUT2D eigenvalue weighted by atomic mass is 32.2. The zero-order valence-electron chi connectivity index (χ0n) is 21.1. The minimum absolute atomic E-state index is 0.0252. The van der Waals surface area contributed by atoms with Crippen molar-refractivity contribution in [3.05, 3.63) is 119 Å². The summed E-state index contributed by atoms with van der Waals surface area (Å²) in [6.45, 7) is 1.23. The van der Waals surface area contributed by atoms with Gasteiger partial charge in [0.15, 0.2) is 0 Å². The second kappa shape index (κ2) is 12.8. The normalized spacial score (nSPS) is 15.1. The van der Waals surface area contributed by atoms with Crippen molar-refractivity contribution in [3.8, 4) is 5.75 Å². The molecule has 1 aliphatic carbocycles. The highest BCUT2D eigenvalue weighted by Gasteiger charge is 2.25. The van der Waals surface area contributed by atoms with Gasteiger partial charge in [-0.1, -0.05) is 66.7 Å². The molecule has 1 aliphatic heterocycles. The van der Waals surface area contributed by atoms with Gasteiger partial charge in [0.1, 0.15) is 12.4 Å². The SMILES string of the molecule is OCCOc1cccc(SCCCN2N=C(C(c3ccccc3)c3ccccc3)C=CC2=C2CCC2)c1. The Morgan fingerprint density at radius 2 is 1.62 bits per heavy atom. The van der Waals surface area contributed by atoms with E-state index in [1.54, 1.807) is 0 Å². The van der Waals surface area contributed by atoms with E-state index in [9.17, 15) is 0 Å². The molecule has 0 radical (unpaired) electrons. The number of hydrazone groups is 1. The number of aliphatic hydroxyl groups is 1. The molecule has 1 heterocycles. The second-order valence-electron chi connectivity index (χ2n) is 9.33. The number of benzene rings is 3. The number of nitrogens with zero attached hydrogens (tertiary/aromatic N) is 2. The van der Waals surface area contributed by atoms with Crippen LogP contribution in [0.5, 0.6) is 5.75 Å². The Morgan fingerprint density at radius 1 is 0.892 bits per heavy atom. The predicted molar refractivity (Wildman–Crippen MR) is 153 cm³/mol. The molecule has 3 aromatic rings. The standard InChI is InChI=1S/C32H34N2O2S/c35-21-22-36-28-16-8-17-29(24-28)37-23-9-20-34-31(25-14-7-15-25)19-18-30(33-34)32(26-10-3-1-4-11-26)27-12-5-2-6-13-27/h1-6,8,10-13,16-19,24,32,35H,7,9,14-15,20-23H2. The molecule has 0 unspecified atom stereocenters. The quantitative estimate of drug-likeness (QED) is 0.222. The maximum Gasteiger partial charge on any atom is 0.120 e. The Kier molecular flexibility index (Phi) is 8.78. The van der Waals surface area contributed by atoms with Crippen LogP contribution in [0.1, 0.15) is 42.7 Å². The summed E-state index contributed by atoms with van der Waals surface area (Å²) in [5.41, 5.74) is 6.42. The number of allylic oxidation sites excluding steroid dienone is 3. The topological polar surface area (TPSA) is 45.1 Å². The van der Waals surface area contributed by atoms with Crippen LogP contribution in [0.2, 0.25) is 0 Å². The Balaban J connectivity index is 1.32. The van der Waals surface area contributed by atoms with E-state index in [2.05, 4.69) is 83.9 Å². The molecule has 190 valence electrons. The van der Waals surface area contributed by atoms with Gasteiger partial charge < -0.3 is 9.84 Å². The average molecular weight is 511 g/mol. The van der Waals surface area contributed by atoms with Gasteiger partial charge in [0.25, 0.3) is 0 Å². The Bertz CT molecular complexity index is 1210. The van der Waals surface area contributed by atoms with Gasteiger partial charge in [0.05, 0.1) is 23.9 Å². The highest BCUT2D eigenvalue weighted by molar-refractivity contribution is 7.99. The first kappa shape index (κ1) is 25.4. The van der Waals surface area contributed by atoms with Crippen molar-refractivity contribution < 1.29 is 9.84 Å². The van der Waals surface area contributed by atoms with Crippen molar-refractivity contribution in [1.29, 1.82) is 0 Å². The van der Waals surface area contributed by atoms with Crippen LogP contribution in [-0.4, -0.2) is 41.3 Å². The summed E-state index contributed by atoms with van der Waals surface area (Å²) in [5, 5.41) is 16.5. The fourth-order valence-electron chi connectivity index (χ4n) is 4.76. The minimum atomic E-state index is 0.0252. The third-order valence-corrected chi connectivity index (χ3v) is 7.84. The number of aliphatic hydroxyl groups excluding tert-OH is 1. The molecule has 5 heteroatoms. The summed E-state index contributed by atoms with van der Waals surface area (Å²) in [6.07, 6.45) is 9.18. The Labute approximate surface area is 224 Å². The first-order valence-corrected chi connectivity index (χ1v) is 14.1. The van der Waals surface area contributed by atoms with E-state index < -0.39 is 0 Å². The van der Waals surface area contributed by atoms with Crippen LogP contribution in [0.3, 0.4) is 0 Å². The van der Waals surface area contributed by atoms with Crippen LogP contribution in [-0.2, 0) is 0 Å². The van der Waals surface area contributed by atoms with Gasteiger partial charge in [-0.15, -0.1) is 11.8 Å². The van der Waals surface area contributed by atoms with Crippen molar-refractivity contribution in [1.82, 2.24) is 5.01 Å². The third-order valence-electron chi connectivity index (χ3n) is 6.76. The van der Waals surface area contributed by atoms with Crippen molar-refractivity contribution in [2.24, 2.45) is 5.10 Å². The average Bonchev–Trinajstić information content (AvgIpc) is 2.92. The van der Waals surface area contributed by atoms with Crippen molar-refractivity contribution >= 4 is 17.5 Å². The van der Waals surface area contributed by atoms with Gasteiger partial charge in [0.2, 0.25) is 0 Å². The van der Waals surface area contributed by atoms with Gasteiger partial charge in [-0.05, 0) is 78.5 Å². The van der Waals surface area contributed by atoms with Crippen molar-refractivity contribution in [2.75, 3.05) is 25.5 Å². The molecule has 1 saturated carbocycles. The van der Waals surface area contributed by atoms with Gasteiger partial charge >= 0.3 is 0 Å².